The molecular weight excluding hydrogens is 316 g/mol. The Bertz CT molecular complexity index is 739. The number of esters is 1. The summed E-state index contributed by atoms with van der Waals surface area (Å²) in [6, 6.07) is 9.13. The van der Waals surface area contributed by atoms with Crippen LogP contribution < -0.4 is 5.32 Å². The fraction of sp³-hybridized carbons (Fsp3) is 0.350. The molecule has 25 heavy (non-hydrogen) atoms. The Labute approximate surface area is 148 Å². The van der Waals surface area contributed by atoms with E-state index in [0.717, 1.165) is 16.8 Å². The Morgan fingerprint density at radius 3 is 2.04 bits per heavy atom. The molecule has 0 radical (unpaired) electrons. The van der Waals surface area contributed by atoms with Crippen molar-refractivity contribution in [1.82, 2.24) is 4.98 Å². The molecule has 0 aliphatic rings. The number of amides is 1. The molecule has 1 heterocycles. The van der Waals surface area contributed by atoms with Crippen molar-refractivity contribution >= 4 is 17.6 Å². The minimum atomic E-state index is -0.480. The molecule has 0 fully saturated rings. The first-order chi connectivity index (χ1) is 11.8. The number of hydrogen-bond donors (Lipinski definition) is 1. The fourth-order valence-corrected chi connectivity index (χ4v) is 2.64. The molecule has 1 aromatic carbocycles. The van der Waals surface area contributed by atoms with Gasteiger partial charge in [0.1, 0.15) is 5.69 Å². The number of aromatic nitrogens is 1. The number of pyridine rings is 1. The predicted molar refractivity (Wildman–Crippen MR) is 98.1 cm³/mol. The molecule has 0 unspecified atom stereocenters. The molecule has 0 bridgehead atoms. The van der Waals surface area contributed by atoms with E-state index in [-0.39, 0.29) is 23.4 Å². The third-order valence-corrected chi connectivity index (χ3v) is 4.03. The van der Waals surface area contributed by atoms with Crippen LogP contribution in [-0.2, 0) is 4.74 Å². The van der Waals surface area contributed by atoms with Gasteiger partial charge < -0.3 is 10.1 Å². The van der Waals surface area contributed by atoms with Gasteiger partial charge in [-0.15, -0.1) is 0 Å². The van der Waals surface area contributed by atoms with Gasteiger partial charge in [0.15, 0.2) is 0 Å². The maximum absolute atomic E-state index is 12.6. The molecule has 1 amide bonds. The number of nitrogens with one attached hydrogen (secondary N) is 1. The SMILES string of the molecule is COC(=O)c1ccc(C(=O)Nc2c(C(C)C)cccc2C(C)C)nc1. The third-order valence-electron chi connectivity index (χ3n) is 4.03. The molecule has 2 aromatic rings. The van der Waals surface area contributed by atoms with Crippen molar-refractivity contribution in [2.24, 2.45) is 0 Å². The summed E-state index contributed by atoms with van der Waals surface area (Å²) in [4.78, 5) is 28.2. The summed E-state index contributed by atoms with van der Waals surface area (Å²) in [5, 5.41) is 3.00. The van der Waals surface area contributed by atoms with Crippen molar-refractivity contribution in [3.05, 3.63) is 58.9 Å². The number of rotatable bonds is 5. The summed E-state index contributed by atoms with van der Waals surface area (Å²) < 4.78 is 4.64. The number of hydrogen-bond acceptors (Lipinski definition) is 4. The number of anilines is 1. The smallest absolute Gasteiger partial charge is 0.339 e. The van der Waals surface area contributed by atoms with E-state index in [1.54, 1.807) is 0 Å². The van der Waals surface area contributed by atoms with Gasteiger partial charge >= 0.3 is 5.97 Å². The largest absolute Gasteiger partial charge is 0.465 e. The Hall–Kier alpha value is -2.69. The Morgan fingerprint density at radius 1 is 1.00 bits per heavy atom. The molecule has 5 nitrogen and oxygen atoms in total. The quantitative estimate of drug-likeness (QED) is 0.821. The lowest BCUT2D eigenvalue weighted by atomic mass is 9.92. The highest BCUT2D eigenvalue weighted by molar-refractivity contribution is 6.04. The summed E-state index contributed by atoms with van der Waals surface area (Å²) in [7, 11) is 1.30. The lowest BCUT2D eigenvalue weighted by Gasteiger charge is -2.20. The second-order valence-corrected chi connectivity index (χ2v) is 6.50. The molecule has 0 atom stereocenters. The van der Waals surface area contributed by atoms with Gasteiger partial charge in [-0.3, -0.25) is 9.78 Å². The van der Waals surface area contributed by atoms with Gasteiger partial charge in [-0.1, -0.05) is 45.9 Å². The summed E-state index contributed by atoms with van der Waals surface area (Å²) in [5.74, 6) is -0.217. The number of nitrogens with zero attached hydrogens (tertiary/aromatic N) is 1. The number of ether oxygens (including phenoxy) is 1. The normalized spacial score (nSPS) is 10.8. The van der Waals surface area contributed by atoms with Crippen molar-refractivity contribution < 1.29 is 14.3 Å². The average molecular weight is 340 g/mol. The third kappa shape index (κ3) is 4.24. The molecule has 0 saturated heterocycles. The van der Waals surface area contributed by atoms with E-state index < -0.39 is 5.97 Å². The van der Waals surface area contributed by atoms with Crippen LogP contribution in [0.3, 0.4) is 0 Å². The molecule has 0 aliphatic carbocycles. The average Bonchev–Trinajstić information content (AvgIpc) is 2.60. The van der Waals surface area contributed by atoms with Gasteiger partial charge in [0.2, 0.25) is 0 Å². The number of methoxy groups -OCH3 is 1. The second kappa shape index (κ2) is 7.92. The monoisotopic (exact) mass is 340 g/mol. The summed E-state index contributed by atoms with van der Waals surface area (Å²) in [5.41, 5.74) is 3.58. The lowest BCUT2D eigenvalue weighted by molar-refractivity contribution is 0.0600. The van der Waals surface area contributed by atoms with Crippen LogP contribution in [0.2, 0.25) is 0 Å². The van der Waals surface area contributed by atoms with E-state index in [2.05, 4.69) is 42.7 Å². The van der Waals surface area contributed by atoms with Crippen LogP contribution in [0.25, 0.3) is 0 Å². The summed E-state index contributed by atoms with van der Waals surface area (Å²) in [6.07, 6.45) is 1.35. The van der Waals surface area contributed by atoms with Crippen LogP contribution in [0.1, 0.15) is 71.5 Å². The first-order valence-corrected chi connectivity index (χ1v) is 8.33. The van der Waals surface area contributed by atoms with Gasteiger partial charge in [0, 0.05) is 11.9 Å². The van der Waals surface area contributed by atoms with Gasteiger partial charge in [-0.25, -0.2) is 4.79 Å². The molecule has 1 N–H and O–H groups in total. The van der Waals surface area contributed by atoms with Gasteiger partial charge in [0.05, 0.1) is 12.7 Å². The highest BCUT2D eigenvalue weighted by Gasteiger charge is 2.17. The maximum Gasteiger partial charge on any atom is 0.339 e. The van der Waals surface area contributed by atoms with Crippen molar-refractivity contribution in [1.29, 1.82) is 0 Å². The topological polar surface area (TPSA) is 68.3 Å². The van der Waals surface area contributed by atoms with E-state index in [9.17, 15) is 9.59 Å². The van der Waals surface area contributed by atoms with Crippen molar-refractivity contribution in [2.75, 3.05) is 12.4 Å². The van der Waals surface area contributed by atoms with Gasteiger partial charge in [0.25, 0.3) is 5.91 Å². The second-order valence-electron chi connectivity index (χ2n) is 6.50. The van der Waals surface area contributed by atoms with E-state index in [0.29, 0.717) is 5.56 Å². The van der Waals surface area contributed by atoms with Crippen molar-refractivity contribution in [3.63, 3.8) is 0 Å². The summed E-state index contributed by atoms with van der Waals surface area (Å²) >= 11 is 0. The van der Waals surface area contributed by atoms with Crippen LogP contribution in [0.15, 0.2) is 36.5 Å². The molecule has 5 heteroatoms. The molecular formula is C20H24N2O3. The van der Waals surface area contributed by atoms with E-state index in [1.165, 1.54) is 25.4 Å². The number of carbonyl (C=O) groups is 2. The number of para-hydroxylation sites is 1. The zero-order chi connectivity index (χ0) is 18.6. The van der Waals surface area contributed by atoms with Crippen LogP contribution in [-0.4, -0.2) is 24.0 Å². The Kier molecular flexibility index (Phi) is 5.91. The first-order valence-electron chi connectivity index (χ1n) is 8.33. The highest BCUT2D eigenvalue weighted by atomic mass is 16.5. The fourth-order valence-electron chi connectivity index (χ4n) is 2.64. The van der Waals surface area contributed by atoms with Gasteiger partial charge in [-0.05, 0) is 35.1 Å². The minimum absolute atomic E-state index is 0.251. The zero-order valence-electron chi connectivity index (χ0n) is 15.3. The molecule has 0 aliphatic heterocycles. The van der Waals surface area contributed by atoms with Gasteiger partial charge in [-0.2, -0.15) is 0 Å². The minimum Gasteiger partial charge on any atom is -0.465 e. The molecule has 0 spiro atoms. The van der Waals surface area contributed by atoms with Crippen molar-refractivity contribution in [3.8, 4) is 0 Å². The van der Waals surface area contributed by atoms with Crippen LogP contribution in [0.5, 0.6) is 0 Å². The Balaban J connectivity index is 2.33. The van der Waals surface area contributed by atoms with E-state index >= 15 is 0 Å². The lowest BCUT2D eigenvalue weighted by Crippen LogP contribution is -2.17. The maximum atomic E-state index is 12.6. The first kappa shape index (κ1) is 18.6. The zero-order valence-corrected chi connectivity index (χ0v) is 15.3. The summed E-state index contributed by atoms with van der Waals surface area (Å²) in [6.45, 7) is 8.38. The number of carbonyl (C=O) groups excluding carboxylic acids is 2. The van der Waals surface area contributed by atoms with E-state index in [1.807, 2.05) is 18.2 Å². The van der Waals surface area contributed by atoms with Crippen LogP contribution in [0.4, 0.5) is 5.69 Å². The van der Waals surface area contributed by atoms with Crippen molar-refractivity contribution in [2.45, 2.75) is 39.5 Å². The molecule has 1 aromatic heterocycles. The van der Waals surface area contributed by atoms with Crippen LogP contribution in [0, 0.1) is 0 Å². The van der Waals surface area contributed by atoms with Crippen LogP contribution >= 0.6 is 0 Å². The standard InChI is InChI=1S/C20H24N2O3/c1-12(2)15-7-6-8-16(13(3)4)18(15)22-19(23)17-10-9-14(11-21-17)20(24)25-5/h6-13H,1-5H3,(H,22,23). The number of benzene rings is 1. The molecule has 2 rings (SSSR count). The molecule has 0 saturated carbocycles. The molecule has 132 valence electrons. The van der Waals surface area contributed by atoms with E-state index in [4.69, 9.17) is 0 Å². The Morgan fingerprint density at radius 2 is 1.60 bits per heavy atom. The predicted octanol–water partition coefficient (Wildman–Crippen LogP) is 4.37. The highest BCUT2D eigenvalue weighted by Crippen LogP contribution is 2.32.